The minimum absolute atomic E-state index is 0.0159. The minimum Gasteiger partial charge on any atom is -0.377 e. The molecule has 22 heavy (non-hydrogen) atoms. The highest BCUT2D eigenvalue weighted by Gasteiger charge is 2.37. The van der Waals surface area contributed by atoms with Crippen LogP contribution in [0, 0.1) is 13.8 Å². The van der Waals surface area contributed by atoms with Crippen molar-refractivity contribution in [3.05, 3.63) is 39.9 Å². The van der Waals surface area contributed by atoms with Gasteiger partial charge >= 0.3 is 0 Å². The molecule has 2 amide bonds. The summed E-state index contributed by atoms with van der Waals surface area (Å²) in [6.07, 6.45) is 0.0513. The largest absolute Gasteiger partial charge is 0.377 e. The standard InChI is InChI=1S/C17H20ClNO3/c1-10(2)22-8-7-19-16(20)14(15(18)17(19)21)13-6-5-11(3)12(4)9-13/h5-6,9-10H,7-8H2,1-4H3. The van der Waals surface area contributed by atoms with Crippen molar-refractivity contribution >= 4 is 29.0 Å². The van der Waals surface area contributed by atoms with E-state index >= 15 is 0 Å². The summed E-state index contributed by atoms with van der Waals surface area (Å²) in [5.74, 6) is -0.808. The number of aryl methyl sites for hydroxylation is 2. The number of amides is 2. The van der Waals surface area contributed by atoms with Gasteiger partial charge in [-0.25, -0.2) is 0 Å². The number of carbonyl (C=O) groups excluding carboxylic acids is 2. The summed E-state index contributed by atoms with van der Waals surface area (Å²) >= 11 is 6.11. The van der Waals surface area contributed by atoms with Gasteiger partial charge in [0.05, 0.1) is 24.8 Å². The third-order valence-corrected chi connectivity index (χ3v) is 4.02. The van der Waals surface area contributed by atoms with Gasteiger partial charge in [0.15, 0.2) is 0 Å². The number of hydrogen-bond donors (Lipinski definition) is 0. The summed E-state index contributed by atoms with van der Waals surface area (Å²) in [7, 11) is 0. The van der Waals surface area contributed by atoms with Crippen molar-refractivity contribution in [2.24, 2.45) is 0 Å². The lowest BCUT2D eigenvalue weighted by molar-refractivity contribution is -0.137. The lowest BCUT2D eigenvalue weighted by atomic mass is 10.0. The molecule has 1 aliphatic heterocycles. The van der Waals surface area contributed by atoms with Crippen molar-refractivity contribution in [2.45, 2.75) is 33.8 Å². The first-order chi connectivity index (χ1) is 10.3. The molecule has 0 bridgehead atoms. The van der Waals surface area contributed by atoms with E-state index in [1.54, 1.807) is 0 Å². The van der Waals surface area contributed by atoms with Crippen molar-refractivity contribution < 1.29 is 14.3 Å². The lowest BCUT2D eigenvalue weighted by Crippen LogP contribution is -2.34. The number of hydrogen-bond acceptors (Lipinski definition) is 3. The van der Waals surface area contributed by atoms with Crippen molar-refractivity contribution in [3.8, 4) is 0 Å². The number of halogens is 1. The van der Waals surface area contributed by atoms with E-state index in [0.717, 1.165) is 16.0 Å². The molecule has 0 aromatic heterocycles. The Morgan fingerprint density at radius 2 is 1.82 bits per heavy atom. The van der Waals surface area contributed by atoms with Gasteiger partial charge in [0, 0.05) is 0 Å². The van der Waals surface area contributed by atoms with Crippen molar-refractivity contribution in [3.63, 3.8) is 0 Å². The van der Waals surface area contributed by atoms with Crippen LogP contribution in [0.2, 0.25) is 0 Å². The predicted molar refractivity (Wildman–Crippen MR) is 86.5 cm³/mol. The normalized spacial score (nSPS) is 15.5. The first-order valence-corrected chi connectivity index (χ1v) is 7.66. The molecular formula is C17H20ClNO3. The molecule has 4 nitrogen and oxygen atoms in total. The second-order valence-corrected chi connectivity index (χ2v) is 6.05. The molecular weight excluding hydrogens is 302 g/mol. The molecule has 0 atom stereocenters. The van der Waals surface area contributed by atoms with Crippen LogP contribution in [-0.4, -0.2) is 36.0 Å². The van der Waals surface area contributed by atoms with Gasteiger partial charge in [-0.3, -0.25) is 14.5 Å². The molecule has 1 aliphatic rings. The zero-order chi connectivity index (χ0) is 16.4. The Kier molecular flexibility index (Phi) is 5.04. The predicted octanol–water partition coefficient (Wildman–Crippen LogP) is 3.05. The fraction of sp³-hybridized carbons (Fsp3) is 0.412. The van der Waals surface area contributed by atoms with Crippen LogP contribution in [0.15, 0.2) is 23.2 Å². The van der Waals surface area contributed by atoms with E-state index in [4.69, 9.17) is 16.3 Å². The zero-order valence-corrected chi connectivity index (χ0v) is 14.0. The maximum Gasteiger partial charge on any atom is 0.273 e. The van der Waals surface area contributed by atoms with Crippen LogP contribution in [0.5, 0.6) is 0 Å². The zero-order valence-electron chi connectivity index (χ0n) is 13.3. The van der Waals surface area contributed by atoms with E-state index in [1.807, 2.05) is 45.9 Å². The Bertz CT molecular complexity index is 649. The summed E-state index contributed by atoms with van der Waals surface area (Å²) in [5, 5.41) is -0.0159. The molecule has 1 aromatic carbocycles. The molecule has 0 aliphatic carbocycles. The van der Waals surface area contributed by atoms with E-state index < -0.39 is 5.91 Å². The summed E-state index contributed by atoms with van der Waals surface area (Å²) < 4.78 is 5.40. The van der Waals surface area contributed by atoms with Crippen LogP contribution in [-0.2, 0) is 14.3 Å². The molecule has 2 rings (SSSR count). The van der Waals surface area contributed by atoms with Gasteiger partial charge in [-0.05, 0) is 44.4 Å². The van der Waals surface area contributed by atoms with E-state index in [0.29, 0.717) is 12.2 Å². The van der Waals surface area contributed by atoms with E-state index in [2.05, 4.69) is 0 Å². The van der Waals surface area contributed by atoms with Gasteiger partial charge in [0.1, 0.15) is 5.03 Å². The highest BCUT2D eigenvalue weighted by molar-refractivity contribution is 6.55. The molecule has 0 unspecified atom stereocenters. The van der Waals surface area contributed by atoms with Crippen LogP contribution in [0.1, 0.15) is 30.5 Å². The van der Waals surface area contributed by atoms with E-state index in [1.165, 1.54) is 0 Å². The number of ether oxygens (including phenoxy) is 1. The van der Waals surface area contributed by atoms with Crippen LogP contribution in [0.4, 0.5) is 0 Å². The first kappa shape index (κ1) is 16.7. The monoisotopic (exact) mass is 321 g/mol. The van der Waals surface area contributed by atoms with Crippen molar-refractivity contribution in [1.82, 2.24) is 4.90 Å². The first-order valence-electron chi connectivity index (χ1n) is 7.28. The van der Waals surface area contributed by atoms with Crippen LogP contribution in [0.25, 0.3) is 5.57 Å². The van der Waals surface area contributed by atoms with Gasteiger partial charge in [-0.15, -0.1) is 0 Å². The van der Waals surface area contributed by atoms with Gasteiger partial charge < -0.3 is 4.74 Å². The van der Waals surface area contributed by atoms with Gasteiger partial charge in [0.2, 0.25) is 0 Å². The summed E-state index contributed by atoms with van der Waals surface area (Å²) in [5.41, 5.74) is 3.13. The Hall–Kier alpha value is -1.65. The van der Waals surface area contributed by atoms with E-state index in [-0.39, 0.29) is 29.2 Å². The summed E-state index contributed by atoms with van der Waals surface area (Å²) in [6.45, 7) is 8.27. The molecule has 1 aromatic rings. The highest BCUT2D eigenvalue weighted by Crippen LogP contribution is 2.32. The summed E-state index contributed by atoms with van der Waals surface area (Å²) in [4.78, 5) is 25.8. The Morgan fingerprint density at radius 1 is 1.14 bits per heavy atom. The molecule has 0 radical (unpaired) electrons. The SMILES string of the molecule is Cc1ccc(C2=C(Cl)C(=O)N(CCOC(C)C)C2=O)cc1C. The second kappa shape index (κ2) is 6.63. The number of carbonyl (C=O) groups is 2. The fourth-order valence-corrected chi connectivity index (χ4v) is 2.57. The third kappa shape index (κ3) is 3.23. The average Bonchev–Trinajstić information content (AvgIpc) is 2.65. The number of nitrogens with zero attached hydrogens (tertiary/aromatic N) is 1. The van der Waals surface area contributed by atoms with Crippen LogP contribution in [0.3, 0.4) is 0 Å². The molecule has 0 N–H and O–H groups in total. The Morgan fingerprint density at radius 3 is 2.41 bits per heavy atom. The quantitative estimate of drug-likeness (QED) is 0.783. The van der Waals surface area contributed by atoms with Crippen LogP contribution >= 0.6 is 11.6 Å². The topological polar surface area (TPSA) is 46.6 Å². The van der Waals surface area contributed by atoms with Crippen LogP contribution < -0.4 is 0 Å². The molecule has 5 heteroatoms. The number of rotatable bonds is 5. The fourth-order valence-electron chi connectivity index (χ4n) is 2.28. The second-order valence-electron chi connectivity index (χ2n) is 5.67. The van der Waals surface area contributed by atoms with Crippen molar-refractivity contribution in [1.29, 1.82) is 0 Å². The summed E-state index contributed by atoms with van der Waals surface area (Å²) in [6, 6.07) is 5.62. The van der Waals surface area contributed by atoms with Crippen molar-refractivity contribution in [2.75, 3.05) is 13.2 Å². The molecule has 0 saturated carbocycles. The third-order valence-electron chi connectivity index (χ3n) is 3.67. The smallest absolute Gasteiger partial charge is 0.273 e. The maximum atomic E-state index is 12.5. The highest BCUT2D eigenvalue weighted by atomic mass is 35.5. The molecule has 0 spiro atoms. The van der Waals surface area contributed by atoms with Gasteiger partial charge in [-0.2, -0.15) is 0 Å². The van der Waals surface area contributed by atoms with E-state index in [9.17, 15) is 9.59 Å². The Balaban J connectivity index is 2.23. The molecule has 0 saturated heterocycles. The Labute approximate surface area is 135 Å². The van der Waals surface area contributed by atoms with Gasteiger partial charge in [-0.1, -0.05) is 29.8 Å². The number of benzene rings is 1. The minimum atomic E-state index is -0.452. The average molecular weight is 322 g/mol. The molecule has 118 valence electrons. The number of imide groups is 1. The van der Waals surface area contributed by atoms with Gasteiger partial charge in [0.25, 0.3) is 11.8 Å². The molecule has 0 fully saturated rings. The molecule has 1 heterocycles. The lowest BCUT2D eigenvalue weighted by Gasteiger charge is -2.16. The maximum absolute atomic E-state index is 12.5.